The summed E-state index contributed by atoms with van der Waals surface area (Å²) in [6.45, 7) is 0. The molecule has 0 unspecified atom stereocenters. The van der Waals surface area contributed by atoms with Gasteiger partial charge in [-0.25, -0.2) is 10.8 Å². The minimum atomic E-state index is -4.72. The molecule has 0 spiro atoms. The number of nitrogens with one attached hydrogen (secondary N) is 1. The van der Waals surface area contributed by atoms with Crippen molar-refractivity contribution in [3.05, 3.63) is 20.8 Å². The highest BCUT2D eigenvalue weighted by Crippen LogP contribution is 2.43. The van der Waals surface area contributed by atoms with E-state index in [9.17, 15) is 13.2 Å². The van der Waals surface area contributed by atoms with E-state index in [0.29, 0.717) is 0 Å². The number of hydrogen-bond donors (Lipinski definition) is 2. The lowest BCUT2D eigenvalue weighted by atomic mass is 10.2. The van der Waals surface area contributed by atoms with Crippen LogP contribution < -0.4 is 11.3 Å². The van der Waals surface area contributed by atoms with Crippen molar-refractivity contribution in [1.29, 1.82) is 0 Å². The molecule has 0 fully saturated rings. The van der Waals surface area contributed by atoms with Crippen LogP contribution in [0.1, 0.15) is 5.56 Å². The average molecular weight is 280 g/mol. The van der Waals surface area contributed by atoms with Crippen molar-refractivity contribution in [2.45, 2.75) is 6.18 Å². The first-order valence-corrected chi connectivity index (χ1v) is 4.50. The molecule has 1 rings (SSSR count). The Labute approximate surface area is 97.3 Å². The molecule has 0 aliphatic heterocycles. The first-order chi connectivity index (χ1) is 6.79. The number of nitrogens with two attached hydrogens (primary N) is 1. The van der Waals surface area contributed by atoms with Crippen molar-refractivity contribution in [2.75, 3.05) is 5.43 Å². The quantitative estimate of drug-likeness (QED) is 0.471. The number of pyridine rings is 1. The Bertz CT molecular complexity index is 393. The van der Waals surface area contributed by atoms with Gasteiger partial charge < -0.3 is 5.43 Å². The summed E-state index contributed by atoms with van der Waals surface area (Å²) in [5.41, 5.74) is 0.694. The van der Waals surface area contributed by atoms with E-state index in [1.165, 1.54) is 0 Å². The Morgan fingerprint density at radius 2 is 1.67 bits per heavy atom. The Morgan fingerprint density at radius 1 is 1.13 bits per heavy atom. The molecule has 0 saturated carbocycles. The molecule has 1 aromatic heterocycles. The molecule has 0 aliphatic carbocycles. The molecule has 0 radical (unpaired) electrons. The van der Waals surface area contributed by atoms with Crippen LogP contribution in [0.25, 0.3) is 0 Å². The van der Waals surface area contributed by atoms with E-state index in [1.54, 1.807) is 0 Å². The molecule has 0 saturated heterocycles. The number of rotatable bonds is 1. The highest BCUT2D eigenvalue weighted by atomic mass is 35.5. The smallest absolute Gasteiger partial charge is 0.307 e. The molecule has 3 N–H and O–H groups in total. The van der Waals surface area contributed by atoms with Crippen molar-refractivity contribution >= 4 is 40.6 Å². The molecule has 0 amide bonds. The second-order valence-corrected chi connectivity index (χ2v) is 3.51. The zero-order valence-corrected chi connectivity index (χ0v) is 9.06. The SMILES string of the molecule is NNc1nc(Cl)c(C(F)(F)F)c(Cl)c1Cl. The highest BCUT2D eigenvalue weighted by Gasteiger charge is 2.38. The van der Waals surface area contributed by atoms with E-state index in [1.807, 2.05) is 5.43 Å². The fraction of sp³-hybridized carbons (Fsp3) is 0.167. The minimum Gasteiger partial charge on any atom is -0.307 e. The van der Waals surface area contributed by atoms with Gasteiger partial charge in [0, 0.05) is 0 Å². The zero-order chi connectivity index (χ0) is 11.8. The molecule has 84 valence electrons. The summed E-state index contributed by atoms with van der Waals surface area (Å²) < 4.78 is 37.2. The van der Waals surface area contributed by atoms with Gasteiger partial charge in [-0.15, -0.1) is 0 Å². The summed E-state index contributed by atoms with van der Waals surface area (Å²) in [4.78, 5) is 3.31. The summed E-state index contributed by atoms with van der Waals surface area (Å²) in [5, 5.41) is -1.99. The van der Waals surface area contributed by atoms with Gasteiger partial charge in [0.15, 0.2) is 5.82 Å². The predicted molar refractivity (Wildman–Crippen MR) is 52.1 cm³/mol. The zero-order valence-electron chi connectivity index (χ0n) is 6.79. The highest BCUT2D eigenvalue weighted by molar-refractivity contribution is 6.45. The fourth-order valence-electron chi connectivity index (χ4n) is 0.844. The number of halogens is 6. The molecule has 15 heavy (non-hydrogen) atoms. The second kappa shape index (κ2) is 4.21. The van der Waals surface area contributed by atoms with Gasteiger partial charge >= 0.3 is 6.18 Å². The second-order valence-electron chi connectivity index (χ2n) is 2.40. The van der Waals surface area contributed by atoms with Gasteiger partial charge in [0.25, 0.3) is 0 Å². The van der Waals surface area contributed by atoms with Gasteiger partial charge in [0.05, 0.1) is 5.02 Å². The number of nitrogen functional groups attached to an aromatic ring is 1. The van der Waals surface area contributed by atoms with Crippen LogP contribution in [0.4, 0.5) is 19.0 Å². The Balaban J connectivity index is 3.50. The topological polar surface area (TPSA) is 50.9 Å². The predicted octanol–water partition coefficient (Wildman–Crippen LogP) is 3.35. The lowest BCUT2D eigenvalue weighted by Gasteiger charge is -2.13. The summed E-state index contributed by atoms with van der Waals surface area (Å²) >= 11 is 16.2. The number of alkyl halides is 3. The van der Waals surface area contributed by atoms with Gasteiger partial charge in [0.1, 0.15) is 15.7 Å². The van der Waals surface area contributed by atoms with E-state index in [4.69, 9.17) is 40.6 Å². The van der Waals surface area contributed by atoms with Gasteiger partial charge in [-0.05, 0) is 0 Å². The van der Waals surface area contributed by atoms with Crippen LogP contribution in [0.5, 0.6) is 0 Å². The molecular weight excluding hydrogens is 277 g/mol. The molecule has 3 nitrogen and oxygen atoms in total. The van der Waals surface area contributed by atoms with E-state index >= 15 is 0 Å². The van der Waals surface area contributed by atoms with Gasteiger partial charge in [-0.1, -0.05) is 34.8 Å². The minimum absolute atomic E-state index is 0.223. The molecule has 0 aliphatic rings. The maximum atomic E-state index is 12.4. The third kappa shape index (κ3) is 2.39. The van der Waals surface area contributed by atoms with Crippen LogP contribution in [0.3, 0.4) is 0 Å². The van der Waals surface area contributed by atoms with Gasteiger partial charge in [-0.2, -0.15) is 13.2 Å². The van der Waals surface area contributed by atoms with Gasteiger partial charge in [0.2, 0.25) is 0 Å². The Hall–Kier alpha value is -0.430. The maximum Gasteiger partial charge on any atom is 0.420 e. The molecule has 9 heteroatoms. The summed E-state index contributed by atoms with van der Waals surface area (Å²) in [7, 11) is 0. The standard InChI is InChI=1S/C6H3Cl3F3N3/c7-2-1(6(10,11)12)4(9)14-5(15-13)3(2)8/h13H2,(H,14,15). The van der Waals surface area contributed by atoms with Crippen LogP contribution in [0.15, 0.2) is 0 Å². The number of nitrogens with zero attached hydrogens (tertiary/aromatic N) is 1. The van der Waals surface area contributed by atoms with Crippen molar-refractivity contribution < 1.29 is 13.2 Å². The summed E-state index contributed by atoms with van der Waals surface area (Å²) in [6, 6.07) is 0. The lowest BCUT2D eigenvalue weighted by molar-refractivity contribution is -0.137. The van der Waals surface area contributed by atoms with E-state index < -0.39 is 26.9 Å². The Kier molecular flexibility index (Phi) is 3.55. The maximum absolute atomic E-state index is 12.4. The largest absolute Gasteiger partial charge is 0.420 e. The molecule has 1 aromatic rings. The first-order valence-electron chi connectivity index (χ1n) is 3.37. The van der Waals surface area contributed by atoms with Crippen molar-refractivity contribution in [1.82, 2.24) is 4.98 Å². The third-order valence-corrected chi connectivity index (χ3v) is 2.57. The van der Waals surface area contributed by atoms with Crippen LogP contribution >= 0.6 is 34.8 Å². The first kappa shape index (κ1) is 12.6. The van der Waals surface area contributed by atoms with E-state index in [2.05, 4.69) is 4.98 Å². The molecule has 0 atom stereocenters. The number of aromatic nitrogens is 1. The van der Waals surface area contributed by atoms with Crippen LogP contribution in [0.2, 0.25) is 15.2 Å². The fourth-order valence-corrected chi connectivity index (χ4v) is 1.66. The van der Waals surface area contributed by atoms with Crippen molar-refractivity contribution in [3.8, 4) is 0 Å². The van der Waals surface area contributed by atoms with Gasteiger partial charge in [-0.3, -0.25) is 0 Å². The molecule has 1 heterocycles. The third-order valence-electron chi connectivity index (χ3n) is 1.46. The van der Waals surface area contributed by atoms with Crippen molar-refractivity contribution in [3.63, 3.8) is 0 Å². The van der Waals surface area contributed by atoms with Crippen LogP contribution in [-0.2, 0) is 6.18 Å². The Morgan fingerprint density at radius 3 is 2.07 bits per heavy atom. The number of anilines is 1. The summed E-state index contributed by atoms with van der Waals surface area (Å²) in [5.74, 6) is 4.73. The number of hydrogen-bond acceptors (Lipinski definition) is 3. The monoisotopic (exact) mass is 279 g/mol. The van der Waals surface area contributed by atoms with Crippen LogP contribution in [0, 0.1) is 0 Å². The van der Waals surface area contributed by atoms with E-state index in [0.717, 1.165) is 0 Å². The molecular formula is C6H3Cl3F3N3. The van der Waals surface area contributed by atoms with E-state index in [-0.39, 0.29) is 5.82 Å². The molecule has 0 aromatic carbocycles. The normalized spacial score (nSPS) is 11.7. The number of hydrazine groups is 1. The van der Waals surface area contributed by atoms with Crippen molar-refractivity contribution in [2.24, 2.45) is 5.84 Å². The van der Waals surface area contributed by atoms with Crippen LogP contribution in [-0.4, -0.2) is 4.98 Å². The summed E-state index contributed by atoms with van der Waals surface area (Å²) in [6.07, 6.45) is -4.72. The molecule has 0 bridgehead atoms. The average Bonchev–Trinajstić information content (AvgIpc) is 2.09. The lowest BCUT2D eigenvalue weighted by Crippen LogP contribution is -2.13.